The largest absolute Gasteiger partial charge is 0.378 e. The van der Waals surface area contributed by atoms with Crippen molar-refractivity contribution in [3.05, 3.63) is 97.4 Å². The van der Waals surface area contributed by atoms with E-state index >= 15 is 0 Å². The number of thioether (sulfide) groups is 1. The van der Waals surface area contributed by atoms with E-state index in [4.69, 9.17) is 15.8 Å². The first-order chi connectivity index (χ1) is 15.7. The number of carbonyl (C=O) groups is 2. The molecule has 0 atom stereocenters. The monoisotopic (exact) mass is 611 g/mol. The van der Waals surface area contributed by atoms with Gasteiger partial charge in [-0.2, -0.15) is 8.42 Å². The lowest BCUT2D eigenvalue weighted by Crippen LogP contribution is -2.27. The molecule has 1 aliphatic rings. The summed E-state index contributed by atoms with van der Waals surface area (Å²) in [6.07, 6.45) is 1.46. The Morgan fingerprint density at radius 1 is 0.970 bits per heavy atom. The summed E-state index contributed by atoms with van der Waals surface area (Å²) in [6.45, 7) is 0.155. The van der Waals surface area contributed by atoms with Gasteiger partial charge in [-0.1, -0.05) is 41.9 Å². The van der Waals surface area contributed by atoms with Gasteiger partial charge in [-0.3, -0.25) is 14.5 Å². The standard InChI is InChI=1S/C23H15ClINO5S2/c24-17-7-11-19(12-8-17)33(29,30)31-20-4-2-1-3-16(20)13-21-22(27)26(23(28)32-21)14-15-5-9-18(25)10-6-15/h1-13H,14H2/b21-13-. The lowest BCUT2D eigenvalue weighted by Gasteiger charge is -2.12. The molecule has 3 aromatic rings. The van der Waals surface area contributed by atoms with Gasteiger partial charge in [0.25, 0.3) is 11.1 Å². The molecule has 0 aromatic heterocycles. The molecule has 168 valence electrons. The third-order valence-electron chi connectivity index (χ3n) is 4.63. The molecule has 33 heavy (non-hydrogen) atoms. The first kappa shape index (κ1) is 23.8. The van der Waals surface area contributed by atoms with Crippen LogP contribution >= 0.6 is 46.0 Å². The van der Waals surface area contributed by atoms with E-state index in [2.05, 4.69) is 22.6 Å². The van der Waals surface area contributed by atoms with Gasteiger partial charge in [0.1, 0.15) is 10.6 Å². The second kappa shape index (κ2) is 9.88. The van der Waals surface area contributed by atoms with Gasteiger partial charge in [-0.25, -0.2) is 0 Å². The minimum absolute atomic E-state index is 0.0388. The van der Waals surface area contributed by atoms with Gasteiger partial charge in [-0.05, 0) is 88.5 Å². The van der Waals surface area contributed by atoms with Gasteiger partial charge < -0.3 is 4.18 Å². The van der Waals surface area contributed by atoms with Crippen LogP contribution in [0.15, 0.2) is 82.6 Å². The minimum Gasteiger partial charge on any atom is -0.378 e. The highest BCUT2D eigenvalue weighted by atomic mass is 127. The predicted octanol–water partition coefficient (Wildman–Crippen LogP) is 5.95. The van der Waals surface area contributed by atoms with Crippen LogP contribution in [-0.4, -0.2) is 24.5 Å². The summed E-state index contributed by atoms with van der Waals surface area (Å²) in [4.78, 5) is 26.6. The Balaban J connectivity index is 1.58. The summed E-state index contributed by atoms with van der Waals surface area (Å²) in [7, 11) is -4.12. The Bertz CT molecular complexity index is 1360. The average molecular weight is 612 g/mol. The van der Waals surface area contributed by atoms with Crippen LogP contribution in [0.2, 0.25) is 5.02 Å². The van der Waals surface area contributed by atoms with E-state index in [9.17, 15) is 18.0 Å². The third-order valence-corrected chi connectivity index (χ3v) is 7.76. The van der Waals surface area contributed by atoms with Gasteiger partial charge in [0.05, 0.1) is 11.4 Å². The van der Waals surface area contributed by atoms with Crippen LogP contribution in [0, 0.1) is 3.57 Å². The normalized spacial score (nSPS) is 15.3. The van der Waals surface area contributed by atoms with Crippen LogP contribution in [0.1, 0.15) is 11.1 Å². The van der Waals surface area contributed by atoms with Crippen molar-refractivity contribution in [3.8, 4) is 5.75 Å². The summed E-state index contributed by atoms with van der Waals surface area (Å²) >= 11 is 8.81. The maximum absolute atomic E-state index is 12.9. The van der Waals surface area contributed by atoms with E-state index in [1.165, 1.54) is 36.4 Å². The summed E-state index contributed by atoms with van der Waals surface area (Å²) in [5.74, 6) is -0.407. The number of para-hydroxylation sites is 1. The Morgan fingerprint density at radius 3 is 2.33 bits per heavy atom. The molecule has 1 saturated heterocycles. The molecule has 1 aliphatic heterocycles. The molecule has 0 saturated carbocycles. The summed E-state index contributed by atoms with van der Waals surface area (Å²) < 4.78 is 31.7. The molecule has 4 rings (SSSR count). The van der Waals surface area contributed by atoms with Gasteiger partial charge in [0.15, 0.2) is 0 Å². The van der Waals surface area contributed by atoms with E-state index in [-0.39, 0.29) is 22.1 Å². The smallest absolute Gasteiger partial charge is 0.339 e. The minimum atomic E-state index is -4.12. The Morgan fingerprint density at radius 2 is 1.64 bits per heavy atom. The fourth-order valence-electron chi connectivity index (χ4n) is 2.99. The molecule has 0 aliphatic carbocycles. The van der Waals surface area contributed by atoms with Crippen molar-refractivity contribution in [2.75, 3.05) is 0 Å². The molecular formula is C23H15ClINO5S2. The quantitative estimate of drug-likeness (QED) is 0.195. The van der Waals surface area contributed by atoms with Crippen molar-refractivity contribution in [3.63, 3.8) is 0 Å². The highest BCUT2D eigenvalue weighted by Crippen LogP contribution is 2.35. The molecule has 2 amide bonds. The number of hydrogen-bond acceptors (Lipinski definition) is 6. The fraction of sp³-hybridized carbons (Fsp3) is 0.0435. The second-order valence-corrected chi connectivity index (χ2v) is 11.1. The number of benzene rings is 3. The van der Waals surface area contributed by atoms with Crippen molar-refractivity contribution in [2.45, 2.75) is 11.4 Å². The molecule has 10 heteroatoms. The lowest BCUT2D eigenvalue weighted by atomic mass is 10.2. The Kier molecular flexibility index (Phi) is 7.13. The molecule has 0 radical (unpaired) electrons. The molecule has 1 fully saturated rings. The summed E-state index contributed by atoms with van der Waals surface area (Å²) in [5.41, 5.74) is 1.19. The molecule has 0 N–H and O–H groups in total. The van der Waals surface area contributed by atoms with E-state index < -0.39 is 21.3 Å². The van der Waals surface area contributed by atoms with Crippen LogP contribution in [0.5, 0.6) is 5.75 Å². The van der Waals surface area contributed by atoms with Crippen molar-refractivity contribution in [1.29, 1.82) is 0 Å². The maximum atomic E-state index is 12.9. The van der Waals surface area contributed by atoms with Crippen LogP contribution in [0.4, 0.5) is 4.79 Å². The Hall–Kier alpha value is -2.34. The first-order valence-corrected chi connectivity index (χ1v) is 13.2. The van der Waals surface area contributed by atoms with Crippen molar-refractivity contribution in [2.24, 2.45) is 0 Å². The molecule has 6 nitrogen and oxygen atoms in total. The van der Waals surface area contributed by atoms with Gasteiger partial charge in [0.2, 0.25) is 0 Å². The number of rotatable bonds is 6. The zero-order chi connectivity index (χ0) is 23.6. The highest BCUT2D eigenvalue weighted by molar-refractivity contribution is 14.1. The molecule has 1 heterocycles. The number of carbonyl (C=O) groups excluding carboxylic acids is 2. The van der Waals surface area contributed by atoms with E-state index in [0.717, 1.165) is 25.8 Å². The van der Waals surface area contributed by atoms with Crippen molar-refractivity contribution < 1.29 is 22.2 Å². The SMILES string of the molecule is O=C1S/C(=C\c2ccccc2OS(=O)(=O)c2ccc(Cl)cc2)C(=O)N1Cc1ccc(I)cc1. The lowest BCUT2D eigenvalue weighted by molar-refractivity contribution is -0.123. The Labute approximate surface area is 213 Å². The maximum Gasteiger partial charge on any atom is 0.339 e. The average Bonchev–Trinajstić information content (AvgIpc) is 3.04. The topological polar surface area (TPSA) is 80.8 Å². The van der Waals surface area contributed by atoms with Gasteiger partial charge >= 0.3 is 10.1 Å². The summed E-state index contributed by atoms with van der Waals surface area (Å²) in [5, 5.41) is 0.00676. The van der Waals surface area contributed by atoms with Gasteiger partial charge in [-0.15, -0.1) is 0 Å². The molecular weight excluding hydrogens is 597 g/mol. The number of hydrogen-bond donors (Lipinski definition) is 0. The fourth-order valence-corrected chi connectivity index (χ4v) is 5.26. The molecule has 0 unspecified atom stereocenters. The van der Waals surface area contributed by atoms with Crippen LogP contribution in [-0.2, 0) is 21.5 Å². The van der Waals surface area contributed by atoms with Crippen molar-refractivity contribution >= 4 is 73.3 Å². The number of halogens is 2. The van der Waals surface area contributed by atoms with Crippen LogP contribution in [0.3, 0.4) is 0 Å². The highest BCUT2D eigenvalue weighted by Gasteiger charge is 2.35. The predicted molar refractivity (Wildman–Crippen MR) is 136 cm³/mol. The number of nitrogens with zero attached hydrogens (tertiary/aromatic N) is 1. The molecule has 0 spiro atoms. The van der Waals surface area contributed by atoms with Gasteiger partial charge in [0, 0.05) is 14.2 Å². The van der Waals surface area contributed by atoms with E-state index in [0.29, 0.717) is 10.6 Å². The van der Waals surface area contributed by atoms with E-state index in [1.807, 2.05) is 24.3 Å². The molecule has 3 aromatic carbocycles. The zero-order valence-electron chi connectivity index (χ0n) is 16.8. The number of imide groups is 1. The zero-order valence-corrected chi connectivity index (χ0v) is 21.3. The van der Waals surface area contributed by atoms with E-state index in [1.54, 1.807) is 18.2 Å². The van der Waals surface area contributed by atoms with Crippen LogP contribution in [0.25, 0.3) is 6.08 Å². The first-order valence-electron chi connectivity index (χ1n) is 9.52. The summed E-state index contributed by atoms with van der Waals surface area (Å²) in [6, 6.07) is 19.5. The number of amides is 2. The second-order valence-electron chi connectivity index (χ2n) is 6.92. The van der Waals surface area contributed by atoms with Crippen LogP contribution < -0.4 is 4.18 Å². The van der Waals surface area contributed by atoms with Crippen molar-refractivity contribution in [1.82, 2.24) is 4.90 Å². The molecule has 0 bridgehead atoms. The third kappa shape index (κ3) is 5.60.